The van der Waals surface area contributed by atoms with Crippen LogP contribution in [0.25, 0.3) is 0 Å². The van der Waals surface area contributed by atoms with Gasteiger partial charge in [0, 0.05) is 6.04 Å². The lowest BCUT2D eigenvalue weighted by Gasteiger charge is -2.25. The highest BCUT2D eigenvalue weighted by atomic mass is 19.1. The van der Waals surface area contributed by atoms with Crippen LogP contribution in [0.3, 0.4) is 0 Å². The molecule has 3 nitrogen and oxygen atoms in total. The molecule has 126 valence electrons. The van der Waals surface area contributed by atoms with E-state index in [9.17, 15) is 18.7 Å². The Bertz CT molecular complexity index is 714. The lowest BCUT2D eigenvalue weighted by atomic mass is 10.1. The summed E-state index contributed by atoms with van der Waals surface area (Å²) in [7, 11) is 0. The van der Waals surface area contributed by atoms with E-state index in [2.05, 4.69) is 0 Å². The summed E-state index contributed by atoms with van der Waals surface area (Å²) < 4.78 is 26.2. The monoisotopic (exact) mass is 331 g/mol. The fourth-order valence-corrected chi connectivity index (χ4v) is 2.74. The maximum Gasteiger partial charge on any atom is 0.227 e. The zero-order valence-electron chi connectivity index (χ0n) is 13.2. The van der Waals surface area contributed by atoms with Crippen LogP contribution in [0.15, 0.2) is 48.5 Å². The van der Waals surface area contributed by atoms with E-state index in [-0.39, 0.29) is 36.5 Å². The number of benzene rings is 2. The van der Waals surface area contributed by atoms with E-state index in [0.29, 0.717) is 11.1 Å². The van der Waals surface area contributed by atoms with Gasteiger partial charge in [-0.3, -0.25) is 4.79 Å². The summed E-state index contributed by atoms with van der Waals surface area (Å²) in [6.07, 6.45) is 1.04. The molecule has 0 saturated heterocycles. The van der Waals surface area contributed by atoms with Gasteiger partial charge in [-0.2, -0.15) is 0 Å². The van der Waals surface area contributed by atoms with Crippen molar-refractivity contribution in [3.05, 3.63) is 71.3 Å². The second-order valence-electron chi connectivity index (χ2n) is 6.15. The highest BCUT2D eigenvalue weighted by Crippen LogP contribution is 2.29. The number of halogens is 2. The third-order valence-corrected chi connectivity index (χ3v) is 4.18. The van der Waals surface area contributed by atoms with Crippen molar-refractivity contribution >= 4 is 5.91 Å². The summed E-state index contributed by atoms with van der Waals surface area (Å²) in [5, 5.41) is 10.3. The van der Waals surface area contributed by atoms with Crippen molar-refractivity contribution < 1.29 is 18.7 Å². The number of carbonyl (C=O) groups excluding carboxylic acids is 1. The number of hydrogen-bond donors (Lipinski definition) is 1. The van der Waals surface area contributed by atoms with Crippen LogP contribution in [-0.4, -0.2) is 28.5 Å². The van der Waals surface area contributed by atoms with Crippen molar-refractivity contribution in [1.29, 1.82) is 0 Å². The highest BCUT2D eigenvalue weighted by Gasteiger charge is 2.33. The van der Waals surface area contributed by atoms with Crippen molar-refractivity contribution in [3.63, 3.8) is 0 Å². The van der Waals surface area contributed by atoms with Gasteiger partial charge in [-0.15, -0.1) is 0 Å². The molecule has 1 N–H and O–H groups in total. The van der Waals surface area contributed by atoms with Gasteiger partial charge < -0.3 is 10.0 Å². The van der Waals surface area contributed by atoms with E-state index >= 15 is 0 Å². The SMILES string of the molecule is O=C(Cc1cccc(F)c1)N(CC(O)c1ccc(F)cc1)C1CC1. The topological polar surface area (TPSA) is 40.5 Å². The number of aliphatic hydroxyl groups excluding tert-OH is 1. The first-order valence-electron chi connectivity index (χ1n) is 8.00. The Morgan fingerprint density at radius 3 is 2.46 bits per heavy atom. The minimum Gasteiger partial charge on any atom is -0.387 e. The van der Waals surface area contributed by atoms with Crippen LogP contribution in [0.4, 0.5) is 8.78 Å². The van der Waals surface area contributed by atoms with Crippen molar-refractivity contribution in [2.75, 3.05) is 6.54 Å². The maximum absolute atomic E-state index is 13.3. The van der Waals surface area contributed by atoms with Crippen molar-refractivity contribution in [3.8, 4) is 0 Å². The molecule has 0 bridgehead atoms. The Hall–Kier alpha value is -2.27. The van der Waals surface area contributed by atoms with E-state index in [1.54, 1.807) is 17.0 Å². The largest absolute Gasteiger partial charge is 0.387 e. The molecular weight excluding hydrogens is 312 g/mol. The van der Waals surface area contributed by atoms with Crippen LogP contribution in [0, 0.1) is 11.6 Å². The Kier molecular flexibility index (Phi) is 4.90. The summed E-state index contributed by atoms with van der Waals surface area (Å²) in [4.78, 5) is 14.2. The number of amides is 1. The van der Waals surface area contributed by atoms with Gasteiger partial charge in [0.05, 0.1) is 19.1 Å². The van der Waals surface area contributed by atoms with Gasteiger partial charge in [-0.25, -0.2) is 8.78 Å². The molecular formula is C19H19F2NO2. The molecule has 0 heterocycles. The van der Waals surface area contributed by atoms with Crippen LogP contribution < -0.4 is 0 Å². The van der Waals surface area contributed by atoms with E-state index in [1.807, 2.05) is 0 Å². The van der Waals surface area contributed by atoms with E-state index in [1.165, 1.54) is 36.4 Å². The van der Waals surface area contributed by atoms with Gasteiger partial charge in [0.1, 0.15) is 11.6 Å². The van der Waals surface area contributed by atoms with Crippen LogP contribution >= 0.6 is 0 Å². The van der Waals surface area contributed by atoms with E-state index < -0.39 is 6.10 Å². The lowest BCUT2D eigenvalue weighted by Crippen LogP contribution is -2.37. The predicted molar refractivity (Wildman–Crippen MR) is 86.2 cm³/mol. The molecule has 1 saturated carbocycles. The minimum atomic E-state index is -0.873. The standard InChI is InChI=1S/C19H19F2NO2/c20-15-6-4-14(5-7-15)18(23)12-22(17-8-9-17)19(24)11-13-2-1-3-16(21)10-13/h1-7,10,17-18,23H,8-9,11-12H2. The molecule has 24 heavy (non-hydrogen) atoms. The van der Waals surface area contributed by atoms with Crippen LogP contribution in [-0.2, 0) is 11.2 Å². The third kappa shape index (κ3) is 4.17. The van der Waals surface area contributed by atoms with Gasteiger partial charge in [0.2, 0.25) is 5.91 Å². The summed E-state index contributed by atoms with van der Waals surface area (Å²) >= 11 is 0. The first-order chi connectivity index (χ1) is 11.5. The second kappa shape index (κ2) is 7.09. The van der Waals surface area contributed by atoms with Gasteiger partial charge >= 0.3 is 0 Å². The molecule has 5 heteroatoms. The molecule has 1 atom stereocenters. The van der Waals surface area contributed by atoms with Gasteiger partial charge in [-0.1, -0.05) is 24.3 Å². The summed E-state index contributed by atoms with van der Waals surface area (Å²) in [6.45, 7) is 0.157. The average molecular weight is 331 g/mol. The smallest absolute Gasteiger partial charge is 0.227 e. The zero-order chi connectivity index (χ0) is 17.1. The van der Waals surface area contributed by atoms with Crippen molar-refractivity contribution in [2.24, 2.45) is 0 Å². The predicted octanol–water partition coefficient (Wildman–Crippen LogP) is 3.23. The van der Waals surface area contributed by atoms with Gasteiger partial charge in [0.15, 0.2) is 0 Å². The molecule has 3 rings (SSSR count). The quantitative estimate of drug-likeness (QED) is 0.883. The lowest BCUT2D eigenvalue weighted by molar-refractivity contribution is -0.132. The molecule has 2 aromatic carbocycles. The maximum atomic E-state index is 13.3. The number of hydrogen-bond acceptors (Lipinski definition) is 2. The average Bonchev–Trinajstić information content (AvgIpc) is 3.37. The van der Waals surface area contributed by atoms with Gasteiger partial charge in [-0.05, 0) is 48.2 Å². The third-order valence-electron chi connectivity index (χ3n) is 4.18. The van der Waals surface area contributed by atoms with Crippen molar-refractivity contribution in [2.45, 2.75) is 31.4 Å². The number of nitrogens with zero attached hydrogens (tertiary/aromatic N) is 1. The molecule has 1 amide bonds. The zero-order valence-corrected chi connectivity index (χ0v) is 13.2. The molecule has 0 aromatic heterocycles. The van der Waals surface area contributed by atoms with Crippen LogP contribution in [0.2, 0.25) is 0 Å². The van der Waals surface area contributed by atoms with Crippen molar-refractivity contribution in [1.82, 2.24) is 4.90 Å². The summed E-state index contributed by atoms with van der Waals surface area (Å²) in [5.74, 6) is -0.874. The number of aliphatic hydroxyl groups is 1. The molecule has 1 aliphatic rings. The number of rotatable bonds is 6. The molecule has 1 fully saturated rings. The summed E-state index contributed by atoms with van der Waals surface area (Å²) in [6, 6.07) is 11.7. The molecule has 1 unspecified atom stereocenters. The fourth-order valence-electron chi connectivity index (χ4n) is 2.74. The highest BCUT2D eigenvalue weighted by molar-refractivity contribution is 5.79. The Labute approximate surface area is 139 Å². The Morgan fingerprint density at radius 2 is 1.83 bits per heavy atom. The second-order valence-corrected chi connectivity index (χ2v) is 6.15. The molecule has 2 aromatic rings. The molecule has 0 radical (unpaired) electrons. The molecule has 0 aliphatic heterocycles. The minimum absolute atomic E-state index is 0.102. The van der Waals surface area contributed by atoms with E-state index in [0.717, 1.165) is 12.8 Å². The Morgan fingerprint density at radius 1 is 1.12 bits per heavy atom. The normalized spacial score (nSPS) is 15.1. The van der Waals surface area contributed by atoms with Gasteiger partial charge in [0.25, 0.3) is 0 Å². The first kappa shape index (κ1) is 16.6. The van der Waals surface area contributed by atoms with Crippen LogP contribution in [0.5, 0.6) is 0 Å². The molecule has 0 spiro atoms. The molecule has 1 aliphatic carbocycles. The first-order valence-corrected chi connectivity index (χ1v) is 8.00. The van der Waals surface area contributed by atoms with Crippen LogP contribution in [0.1, 0.15) is 30.1 Å². The fraction of sp³-hybridized carbons (Fsp3) is 0.316. The van der Waals surface area contributed by atoms with E-state index in [4.69, 9.17) is 0 Å². The summed E-state index contributed by atoms with van der Waals surface area (Å²) in [5.41, 5.74) is 1.18. The number of carbonyl (C=O) groups is 1. The Balaban J connectivity index is 1.68.